The van der Waals surface area contributed by atoms with E-state index in [1.54, 1.807) is 0 Å². The minimum atomic E-state index is 0.109. The van der Waals surface area contributed by atoms with Crippen molar-refractivity contribution in [3.63, 3.8) is 0 Å². The maximum absolute atomic E-state index is 11.5. The third-order valence-corrected chi connectivity index (χ3v) is 3.42. The van der Waals surface area contributed by atoms with Gasteiger partial charge in [-0.25, -0.2) is 0 Å². The summed E-state index contributed by atoms with van der Waals surface area (Å²) in [6, 6.07) is 2.62. The Morgan fingerprint density at radius 3 is 2.71 bits per heavy atom. The summed E-state index contributed by atoms with van der Waals surface area (Å²) in [7, 11) is 2.06. The van der Waals surface area contributed by atoms with E-state index in [0.29, 0.717) is 12.6 Å². The van der Waals surface area contributed by atoms with Crippen LogP contribution in [0.2, 0.25) is 0 Å². The van der Waals surface area contributed by atoms with Crippen LogP contribution in [0.5, 0.6) is 0 Å². The molecule has 2 N–H and O–H groups in total. The molecule has 1 aliphatic carbocycles. The monoisotopic (exact) mass is 235 g/mol. The molecule has 0 bridgehead atoms. The molecule has 94 valence electrons. The minimum absolute atomic E-state index is 0.109. The van der Waals surface area contributed by atoms with Gasteiger partial charge in [-0.3, -0.25) is 4.79 Å². The molecule has 1 fully saturated rings. The summed E-state index contributed by atoms with van der Waals surface area (Å²) in [5.74, 6) is 0.109. The first kappa shape index (κ1) is 12.2. The first-order chi connectivity index (χ1) is 8.08. The van der Waals surface area contributed by atoms with E-state index in [0.717, 1.165) is 19.4 Å². The molecule has 2 rings (SSSR count). The third kappa shape index (κ3) is 3.09. The number of amides is 1. The van der Waals surface area contributed by atoms with Gasteiger partial charge in [0.25, 0.3) is 0 Å². The van der Waals surface area contributed by atoms with Crippen LogP contribution in [0.25, 0.3) is 0 Å². The lowest BCUT2D eigenvalue weighted by atomic mass is 10.2. The second-order valence-corrected chi connectivity index (χ2v) is 4.90. The number of carbonyl (C=O) groups is 1. The van der Waals surface area contributed by atoms with Crippen LogP contribution in [0.15, 0.2) is 6.07 Å². The van der Waals surface area contributed by atoms with E-state index in [4.69, 9.17) is 0 Å². The van der Waals surface area contributed by atoms with Crippen LogP contribution >= 0.6 is 0 Å². The van der Waals surface area contributed by atoms with Crippen molar-refractivity contribution in [2.45, 2.75) is 39.3 Å². The molecule has 0 saturated heterocycles. The normalized spacial score (nSPS) is 15.0. The van der Waals surface area contributed by atoms with Gasteiger partial charge in [-0.2, -0.15) is 0 Å². The number of nitrogens with zero attached hydrogens (tertiary/aromatic N) is 1. The van der Waals surface area contributed by atoms with Crippen molar-refractivity contribution in [1.29, 1.82) is 0 Å². The van der Waals surface area contributed by atoms with Crippen molar-refractivity contribution in [2.24, 2.45) is 7.05 Å². The smallest absolute Gasteiger partial charge is 0.234 e. The Bertz CT molecular complexity index is 419. The second kappa shape index (κ2) is 4.92. The van der Waals surface area contributed by atoms with Crippen molar-refractivity contribution in [3.05, 3.63) is 23.0 Å². The molecule has 1 amide bonds. The lowest BCUT2D eigenvalue weighted by molar-refractivity contribution is -0.120. The van der Waals surface area contributed by atoms with Gasteiger partial charge in [-0.05, 0) is 38.3 Å². The summed E-state index contributed by atoms with van der Waals surface area (Å²) in [5.41, 5.74) is 3.78. The van der Waals surface area contributed by atoms with Crippen LogP contribution in [0.4, 0.5) is 0 Å². The van der Waals surface area contributed by atoms with E-state index in [1.807, 2.05) is 0 Å². The van der Waals surface area contributed by atoms with E-state index >= 15 is 0 Å². The molecule has 0 aliphatic heterocycles. The van der Waals surface area contributed by atoms with Gasteiger partial charge in [0, 0.05) is 31.0 Å². The van der Waals surface area contributed by atoms with Crippen LogP contribution in [-0.4, -0.2) is 23.1 Å². The number of hydrogen-bond acceptors (Lipinski definition) is 2. The predicted molar refractivity (Wildman–Crippen MR) is 67.8 cm³/mol. The van der Waals surface area contributed by atoms with E-state index in [1.165, 1.54) is 17.0 Å². The maximum Gasteiger partial charge on any atom is 0.234 e. The van der Waals surface area contributed by atoms with Crippen molar-refractivity contribution in [1.82, 2.24) is 15.2 Å². The number of rotatable bonds is 5. The van der Waals surface area contributed by atoms with Crippen LogP contribution in [0, 0.1) is 13.8 Å². The molecule has 0 spiro atoms. The highest BCUT2D eigenvalue weighted by Gasteiger charge is 2.22. The van der Waals surface area contributed by atoms with Crippen LogP contribution in [-0.2, 0) is 18.4 Å². The summed E-state index contributed by atoms with van der Waals surface area (Å²) in [4.78, 5) is 11.5. The number of aromatic nitrogens is 1. The molecule has 1 aliphatic rings. The Kier molecular flexibility index (Phi) is 3.52. The summed E-state index contributed by atoms with van der Waals surface area (Å²) < 4.78 is 2.17. The highest BCUT2D eigenvalue weighted by molar-refractivity contribution is 5.78. The van der Waals surface area contributed by atoms with Crippen molar-refractivity contribution >= 4 is 5.91 Å². The fourth-order valence-electron chi connectivity index (χ4n) is 1.93. The lowest BCUT2D eigenvalue weighted by Crippen LogP contribution is -2.34. The molecule has 1 saturated carbocycles. The highest BCUT2D eigenvalue weighted by Crippen LogP contribution is 2.18. The quantitative estimate of drug-likeness (QED) is 0.800. The van der Waals surface area contributed by atoms with Gasteiger partial charge in [-0.1, -0.05) is 0 Å². The Balaban J connectivity index is 1.77. The van der Waals surface area contributed by atoms with Crippen LogP contribution in [0.3, 0.4) is 0 Å². The summed E-state index contributed by atoms with van der Waals surface area (Å²) in [5, 5.41) is 6.16. The molecule has 4 heteroatoms. The van der Waals surface area contributed by atoms with Gasteiger partial charge in [0.05, 0.1) is 6.54 Å². The van der Waals surface area contributed by atoms with Crippen molar-refractivity contribution < 1.29 is 4.79 Å². The van der Waals surface area contributed by atoms with Gasteiger partial charge < -0.3 is 15.2 Å². The Hall–Kier alpha value is -1.29. The number of aryl methyl sites for hydroxylation is 1. The molecule has 4 nitrogen and oxygen atoms in total. The molecule has 1 heterocycles. The number of carbonyl (C=O) groups excluding carboxylic acids is 1. The average Bonchev–Trinajstić information content (AvgIpc) is 3.05. The van der Waals surface area contributed by atoms with Gasteiger partial charge in [-0.15, -0.1) is 0 Å². The lowest BCUT2D eigenvalue weighted by Gasteiger charge is -2.06. The number of hydrogen-bond donors (Lipinski definition) is 2. The first-order valence-corrected chi connectivity index (χ1v) is 6.20. The van der Waals surface area contributed by atoms with E-state index in [9.17, 15) is 4.79 Å². The molecular weight excluding hydrogens is 214 g/mol. The topological polar surface area (TPSA) is 46.1 Å². The molecule has 1 aromatic rings. The molecule has 0 radical (unpaired) electrons. The fourth-order valence-corrected chi connectivity index (χ4v) is 1.93. The van der Waals surface area contributed by atoms with Crippen molar-refractivity contribution in [3.8, 4) is 0 Å². The van der Waals surface area contributed by atoms with Gasteiger partial charge in [0.2, 0.25) is 5.91 Å². The molecule has 0 aromatic carbocycles. The zero-order chi connectivity index (χ0) is 12.4. The van der Waals surface area contributed by atoms with E-state index in [-0.39, 0.29) is 5.91 Å². The summed E-state index contributed by atoms with van der Waals surface area (Å²) in [6.07, 6.45) is 2.28. The standard InChI is InChI=1S/C13H21N3O/c1-9-6-11(10(2)16(9)3)7-14-8-13(17)15-12-4-5-12/h6,12,14H,4-5,7-8H2,1-3H3,(H,15,17). The number of nitrogens with one attached hydrogen (secondary N) is 2. The predicted octanol–water partition coefficient (Wildman–Crippen LogP) is 1.01. The second-order valence-electron chi connectivity index (χ2n) is 4.90. The van der Waals surface area contributed by atoms with Gasteiger partial charge in [0.1, 0.15) is 0 Å². The molecule has 0 atom stereocenters. The van der Waals surface area contributed by atoms with Crippen molar-refractivity contribution in [2.75, 3.05) is 6.54 Å². The van der Waals surface area contributed by atoms with Gasteiger partial charge >= 0.3 is 0 Å². The van der Waals surface area contributed by atoms with E-state index < -0.39 is 0 Å². The van der Waals surface area contributed by atoms with Crippen LogP contribution in [0.1, 0.15) is 29.8 Å². The van der Waals surface area contributed by atoms with E-state index in [2.05, 4.69) is 42.2 Å². The SMILES string of the molecule is Cc1cc(CNCC(=O)NC2CC2)c(C)n1C. The Labute approximate surface area is 102 Å². The molecular formula is C13H21N3O. The van der Waals surface area contributed by atoms with Crippen LogP contribution < -0.4 is 10.6 Å². The van der Waals surface area contributed by atoms with Gasteiger partial charge in [0.15, 0.2) is 0 Å². The summed E-state index contributed by atoms with van der Waals surface area (Å²) >= 11 is 0. The highest BCUT2D eigenvalue weighted by atomic mass is 16.2. The third-order valence-electron chi connectivity index (χ3n) is 3.42. The Morgan fingerprint density at radius 2 is 2.18 bits per heavy atom. The zero-order valence-electron chi connectivity index (χ0n) is 10.8. The summed E-state index contributed by atoms with van der Waals surface area (Å²) in [6.45, 7) is 5.36. The molecule has 1 aromatic heterocycles. The minimum Gasteiger partial charge on any atom is -0.352 e. The largest absolute Gasteiger partial charge is 0.352 e. The zero-order valence-corrected chi connectivity index (χ0v) is 10.8. The average molecular weight is 235 g/mol. The first-order valence-electron chi connectivity index (χ1n) is 6.20. The fraction of sp³-hybridized carbons (Fsp3) is 0.615. The molecule has 17 heavy (non-hydrogen) atoms. The maximum atomic E-state index is 11.5. The molecule has 0 unspecified atom stereocenters. The Morgan fingerprint density at radius 1 is 1.47 bits per heavy atom.